The fraction of sp³-hybridized carbons (Fsp3) is 0.333. The third kappa shape index (κ3) is 0.993. The van der Waals surface area contributed by atoms with Crippen LogP contribution in [0.25, 0.3) is 0 Å². The molecule has 4 nitrogen and oxygen atoms in total. The molecule has 1 aromatic rings. The molecule has 0 aliphatic rings. The summed E-state index contributed by atoms with van der Waals surface area (Å²) in [6.07, 6.45) is 0.00750. The van der Waals surface area contributed by atoms with E-state index in [2.05, 4.69) is 4.98 Å². The number of aryl methyl sites for hydroxylation is 1. The number of nitriles is 1. The highest BCUT2D eigenvalue weighted by molar-refractivity contribution is 5.13. The number of hydrogen-bond acceptors (Lipinski definition) is 4. The third-order valence-corrected chi connectivity index (χ3v) is 1.15. The predicted octanol–water partition coefficient (Wildman–Crippen LogP) is 0.540. The summed E-state index contributed by atoms with van der Waals surface area (Å²) in [5.41, 5.74) is 0.550. The molecule has 1 rings (SSSR count). The van der Waals surface area contributed by atoms with Crippen molar-refractivity contribution < 1.29 is 9.52 Å². The third-order valence-electron chi connectivity index (χ3n) is 1.15. The van der Waals surface area contributed by atoms with Gasteiger partial charge in [0.05, 0.1) is 5.69 Å². The van der Waals surface area contributed by atoms with Gasteiger partial charge in [0.1, 0.15) is 6.07 Å². The zero-order chi connectivity index (χ0) is 7.56. The van der Waals surface area contributed by atoms with Crippen molar-refractivity contribution in [3.8, 4) is 6.07 Å². The van der Waals surface area contributed by atoms with Gasteiger partial charge in [-0.15, -0.1) is 0 Å². The normalized spacial score (nSPS) is 12.5. The van der Waals surface area contributed by atoms with Gasteiger partial charge in [-0.3, -0.25) is 0 Å². The maximum absolute atomic E-state index is 8.90. The standard InChI is InChI=1S/C6H6N2O2/c1-4-6(5(9)2-7)10-3-8-4/h3,5,9H,1H3. The molecule has 0 amide bonds. The van der Waals surface area contributed by atoms with E-state index in [9.17, 15) is 0 Å². The molecule has 4 heteroatoms. The lowest BCUT2D eigenvalue weighted by atomic mass is 10.2. The lowest BCUT2D eigenvalue weighted by Crippen LogP contribution is -1.92. The highest BCUT2D eigenvalue weighted by atomic mass is 16.4. The Morgan fingerprint density at radius 3 is 3.00 bits per heavy atom. The fourth-order valence-electron chi connectivity index (χ4n) is 0.632. The van der Waals surface area contributed by atoms with Crippen molar-refractivity contribution >= 4 is 0 Å². The van der Waals surface area contributed by atoms with Gasteiger partial charge in [-0.2, -0.15) is 5.26 Å². The van der Waals surface area contributed by atoms with Gasteiger partial charge in [-0.1, -0.05) is 0 Å². The first-order valence-electron chi connectivity index (χ1n) is 2.73. The van der Waals surface area contributed by atoms with E-state index < -0.39 is 6.10 Å². The molecular formula is C6H6N2O2. The average molecular weight is 138 g/mol. The molecule has 1 atom stereocenters. The minimum Gasteiger partial charge on any atom is -0.444 e. The van der Waals surface area contributed by atoms with Crippen LogP contribution in [0.15, 0.2) is 10.8 Å². The maximum atomic E-state index is 8.90. The van der Waals surface area contributed by atoms with E-state index in [1.54, 1.807) is 13.0 Å². The van der Waals surface area contributed by atoms with Gasteiger partial charge < -0.3 is 9.52 Å². The van der Waals surface area contributed by atoms with Crippen LogP contribution < -0.4 is 0 Å². The SMILES string of the molecule is Cc1ncoc1C(O)C#N. The molecule has 0 bridgehead atoms. The Balaban J connectivity index is 2.96. The molecule has 52 valence electrons. The zero-order valence-electron chi connectivity index (χ0n) is 5.40. The molecule has 0 aliphatic carbocycles. The predicted molar refractivity (Wildman–Crippen MR) is 31.8 cm³/mol. The summed E-state index contributed by atoms with van der Waals surface area (Å²) >= 11 is 0. The minimum atomic E-state index is -1.19. The molecule has 1 heterocycles. The Labute approximate surface area is 57.7 Å². The van der Waals surface area contributed by atoms with Crippen LogP contribution in [0.1, 0.15) is 17.6 Å². The first kappa shape index (κ1) is 6.78. The Bertz CT molecular complexity index is 261. The topological polar surface area (TPSA) is 70.1 Å². The number of aliphatic hydroxyl groups excluding tert-OH is 1. The number of hydrogen-bond donors (Lipinski definition) is 1. The lowest BCUT2D eigenvalue weighted by molar-refractivity contribution is 0.203. The first-order valence-corrected chi connectivity index (χ1v) is 2.73. The second kappa shape index (κ2) is 2.50. The fourth-order valence-corrected chi connectivity index (χ4v) is 0.632. The highest BCUT2D eigenvalue weighted by Gasteiger charge is 2.12. The van der Waals surface area contributed by atoms with Gasteiger partial charge in [-0.05, 0) is 6.92 Å². The van der Waals surface area contributed by atoms with Crippen LogP contribution in [0.4, 0.5) is 0 Å². The Morgan fingerprint density at radius 2 is 2.60 bits per heavy atom. The second-order valence-electron chi connectivity index (χ2n) is 1.83. The van der Waals surface area contributed by atoms with E-state index in [1.165, 1.54) is 6.39 Å². The number of rotatable bonds is 1. The largest absolute Gasteiger partial charge is 0.444 e. The van der Waals surface area contributed by atoms with Crippen LogP contribution >= 0.6 is 0 Å². The zero-order valence-corrected chi connectivity index (χ0v) is 5.40. The van der Waals surface area contributed by atoms with Crippen molar-refractivity contribution in [2.45, 2.75) is 13.0 Å². The maximum Gasteiger partial charge on any atom is 0.200 e. The molecule has 0 spiro atoms. The lowest BCUT2D eigenvalue weighted by Gasteiger charge is -1.94. The van der Waals surface area contributed by atoms with E-state index in [1.807, 2.05) is 0 Å². The molecule has 0 radical (unpaired) electrons. The summed E-state index contributed by atoms with van der Waals surface area (Å²) in [6.45, 7) is 1.67. The van der Waals surface area contributed by atoms with Crippen LogP contribution in [0.3, 0.4) is 0 Å². The van der Waals surface area contributed by atoms with E-state index in [4.69, 9.17) is 14.8 Å². The number of oxazole rings is 1. The van der Waals surface area contributed by atoms with Crippen molar-refractivity contribution in [2.24, 2.45) is 0 Å². The van der Waals surface area contributed by atoms with E-state index >= 15 is 0 Å². The molecule has 0 saturated heterocycles. The molecule has 1 aromatic heterocycles. The van der Waals surface area contributed by atoms with Crippen LogP contribution in [0.5, 0.6) is 0 Å². The van der Waals surface area contributed by atoms with Crippen molar-refractivity contribution in [3.63, 3.8) is 0 Å². The van der Waals surface area contributed by atoms with Crippen molar-refractivity contribution in [3.05, 3.63) is 17.8 Å². The van der Waals surface area contributed by atoms with Gasteiger partial charge in [0.25, 0.3) is 0 Å². The van der Waals surface area contributed by atoms with Crippen molar-refractivity contribution in [2.75, 3.05) is 0 Å². The molecule has 1 unspecified atom stereocenters. The monoisotopic (exact) mass is 138 g/mol. The number of nitrogens with zero attached hydrogens (tertiary/aromatic N) is 2. The molecule has 1 N–H and O–H groups in total. The average Bonchev–Trinajstić information content (AvgIpc) is 2.34. The van der Waals surface area contributed by atoms with Crippen LogP contribution in [-0.2, 0) is 0 Å². The van der Waals surface area contributed by atoms with E-state index in [0.717, 1.165) is 0 Å². The van der Waals surface area contributed by atoms with Gasteiger partial charge in [0, 0.05) is 0 Å². The Morgan fingerprint density at radius 1 is 1.90 bits per heavy atom. The van der Waals surface area contributed by atoms with Gasteiger partial charge in [0.15, 0.2) is 12.2 Å². The summed E-state index contributed by atoms with van der Waals surface area (Å²) in [5.74, 6) is 0.225. The van der Waals surface area contributed by atoms with Gasteiger partial charge in [-0.25, -0.2) is 4.98 Å². The molecular weight excluding hydrogens is 132 g/mol. The van der Waals surface area contributed by atoms with Crippen molar-refractivity contribution in [1.29, 1.82) is 5.26 Å². The molecule has 0 fully saturated rings. The summed E-state index contributed by atoms with van der Waals surface area (Å²) in [6, 6.07) is 1.63. The van der Waals surface area contributed by atoms with Crippen molar-refractivity contribution in [1.82, 2.24) is 4.98 Å². The minimum absolute atomic E-state index is 0.225. The van der Waals surface area contributed by atoms with Gasteiger partial charge >= 0.3 is 0 Å². The molecule has 0 aliphatic heterocycles. The Hall–Kier alpha value is -1.34. The van der Waals surface area contributed by atoms with E-state index in [-0.39, 0.29) is 5.76 Å². The quantitative estimate of drug-likeness (QED) is 0.575. The van der Waals surface area contributed by atoms with Crippen LogP contribution in [-0.4, -0.2) is 10.1 Å². The highest BCUT2D eigenvalue weighted by Crippen LogP contribution is 2.14. The summed E-state index contributed by atoms with van der Waals surface area (Å²) < 4.78 is 4.73. The van der Waals surface area contributed by atoms with Crippen LogP contribution in [0.2, 0.25) is 0 Å². The summed E-state index contributed by atoms with van der Waals surface area (Å²) in [7, 11) is 0. The first-order chi connectivity index (χ1) is 4.75. The van der Waals surface area contributed by atoms with Gasteiger partial charge in [0.2, 0.25) is 6.10 Å². The summed E-state index contributed by atoms with van der Waals surface area (Å²) in [4.78, 5) is 3.71. The number of aliphatic hydroxyl groups is 1. The second-order valence-corrected chi connectivity index (χ2v) is 1.83. The molecule has 10 heavy (non-hydrogen) atoms. The van der Waals surface area contributed by atoms with E-state index in [0.29, 0.717) is 5.69 Å². The smallest absolute Gasteiger partial charge is 0.200 e. The molecule has 0 aromatic carbocycles. The number of aromatic nitrogens is 1. The Kier molecular flexibility index (Phi) is 1.69. The summed E-state index contributed by atoms with van der Waals surface area (Å²) in [5, 5.41) is 17.1. The van der Waals surface area contributed by atoms with Crippen LogP contribution in [0, 0.1) is 18.3 Å². The molecule has 0 saturated carbocycles.